The molecular formula is C39H24O4S2. The van der Waals surface area contributed by atoms with Crippen LogP contribution in [-0.2, 0) is 6.42 Å². The molecule has 4 nitrogen and oxygen atoms in total. The summed E-state index contributed by atoms with van der Waals surface area (Å²) in [5, 5.41) is 6.15. The highest BCUT2D eigenvalue weighted by atomic mass is 32.2. The van der Waals surface area contributed by atoms with Crippen molar-refractivity contribution in [3.63, 3.8) is 0 Å². The third kappa shape index (κ3) is 5.22. The van der Waals surface area contributed by atoms with Gasteiger partial charge in [0.2, 0.25) is 0 Å². The standard InChI is InChI=1S/C39H24O4S2/c40-38-32(36(30-13-5-7-15-34(30)42-38)44-28-19-17-24-9-1-3-11-26(24)21-28)23-33-37(31-14-6-8-16-35(31)43-39(33)41)45-29-20-18-25-10-2-4-12-27(25)22-29/h1-22H,23H2. The van der Waals surface area contributed by atoms with Gasteiger partial charge >= 0.3 is 11.3 Å². The van der Waals surface area contributed by atoms with Crippen molar-refractivity contribution in [1.82, 2.24) is 0 Å². The van der Waals surface area contributed by atoms with Crippen molar-refractivity contribution in [3.05, 3.63) is 165 Å². The summed E-state index contributed by atoms with van der Waals surface area (Å²) < 4.78 is 11.7. The van der Waals surface area contributed by atoms with E-state index in [9.17, 15) is 9.59 Å². The number of fused-ring (bicyclic) bond motifs is 4. The Morgan fingerprint density at radius 3 is 1.31 bits per heavy atom. The molecule has 0 amide bonds. The van der Waals surface area contributed by atoms with Crippen LogP contribution in [0.5, 0.6) is 0 Å². The molecule has 0 bridgehead atoms. The fraction of sp³-hybridized carbons (Fsp3) is 0.0256. The fourth-order valence-electron chi connectivity index (χ4n) is 5.73. The maximum atomic E-state index is 13.7. The van der Waals surface area contributed by atoms with Crippen molar-refractivity contribution in [2.45, 2.75) is 26.0 Å². The van der Waals surface area contributed by atoms with Crippen LogP contribution < -0.4 is 11.3 Å². The Bertz CT molecular complexity index is 2350. The molecular weight excluding hydrogens is 597 g/mol. The first-order valence-electron chi connectivity index (χ1n) is 14.5. The molecule has 0 N–H and O–H groups in total. The zero-order chi connectivity index (χ0) is 30.3. The van der Waals surface area contributed by atoms with Crippen LogP contribution in [0.3, 0.4) is 0 Å². The second-order valence-corrected chi connectivity index (χ2v) is 13.0. The van der Waals surface area contributed by atoms with Crippen LogP contribution in [0.15, 0.2) is 171 Å². The zero-order valence-electron chi connectivity index (χ0n) is 23.9. The number of benzene rings is 6. The van der Waals surface area contributed by atoms with E-state index in [1.54, 1.807) is 12.1 Å². The van der Waals surface area contributed by atoms with E-state index in [-0.39, 0.29) is 6.42 Å². The molecule has 0 fully saturated rings. The summed E-state index contributed by atoms with van der Waals surface area (Å²) >= 11 is 3.03. The van der Waals surface area contributed by atoms with Crippen LogP contribution in [0.2, 0.25) is 0 Å². The normalized spacial score (nSPS) is 11.6. The average Bonchev–Trinajstić information content (AvgIpc) is 3.07. The second-order valence-electron chi connectivity index (χ2n) is 10.8. The van der Waals surface area contributed by atoms with Gasteiger partial charge in [-0.3, -0.25) is 0 Å². The van der Waals surface area contributed by atoms with E-state index in [0.717, 1.165) is 51.9 Å². The quantitative estimate of drug-likeness (QED) is 0.172. The highest BCUT2D eigenvalue weighted by Gasteiger charge is 2.22. The predicted octanol–water partition coefficient (Wildman–Crippen LogP) is 10.1. The molecule has 45 heavy (non-hydrogen) atoms. The molecule has 0 saturated carbocycles. The topological polar surface area (TPSA) is 60.4 Å². The Morgan fingerprint density at radius 2 is 0.844 bits per heavy atom. The number of hydrogen-bond acceptors (Lipinski definition) is 6. The molecule has 0 saturated heterocycles. The monoisotopic (exact) mass is 620 g/mol. The number of para-hydroxylation sites is 2. The highest BCUT2D eigenvalue weighted by Crippen LogP contribution is 2.40. The molecule has 0 spiro atoms. The van der Waals surface area contributed by atoms with Crippen molar-refractivity contribution in [3.8, 4) is 0 Å². The molecule has 0 aliphatic carbocycles. The van der Waals surface area contributed by atoms with E-state index in [0.29, 0.717) is 22.3 Å². The number of rotatable bonds is 6. The first-order chi connectivity index (χ1) is 22.1. The third-order valence-corrected chi connectivity index (χ3v) is 10.3. The maximum Gasteiger partial charge on any atom is 0.340 e. The first-order valence-corrected chi connectivity index (χ1v) is 16.2. The van der Waals surface area contributed by atoms with E-state index in [2.05, 4.69) is 60.7 Å². The molecule has 216 valence electrons. The molecule has 0 unspecified atom stereocenters. The highest BCUT2D eigenvalue weighted by molar-refractivity contribution is 8.00. The van der Waals surface area contributed by atoms with Crippen LogP contribution in [0.25, 0.3) is 43.5 Å². The number of hydrogen-bond donors (Lipinski definition) is 0. The van der Waals surface area contributed by atoms with Crippen LogP contribution in [-0.4, -0.2) is 0 Å². The van der Waals surface area contributed by atoms with Crippen molar-refractivity contribution < 1.29 is 8.83 Å². The largest absolute Gasteiger partial charge is 0.422 e. The molecule has 6 heteroatoms. The van der Waals surface area contributed by atoms with Gasteiger partial charge in [0.05, 0.1) is 11.1 Å². The van der Waals surface area contributed by atoms with Gasteiger partial charge in [0.25, 0.3) is 0 Å². The van der Waals surface area contributed by atoms with E-state index in [1.807, 2.05) is 60.7 Å². The minimum atomic E-state index is -0.466. The van der Waals surface area contributed by atoms with Crippen LogP contribution in [0.4, 0.5) is 0 Å². The molecule has 8 aromatic rings. The van der Waals surface area contributed by atoms with Gasteiger partial charge in [-0.15, -0.1) is 0 Å². The molecule has 6 aromatic carbocycles. The molecule has 0 aliphatic rings. The molecule has 0 radical (unpaired) electrons. The molecule has 8 rings (SSSR count). The van der Waals surface area contributed by atoms with E-state index in [1.165, 1.54) is 23.5 Å². The molecule has 0 atom stereocenters. The molecule has 0 aliphatic heterocycles. The van der Waals surface area contributed by atoms with Gasteiger partial charge in [-0.05, 0) is 57.9 Å². The van der Waals surface area contributed by atoms with Crippen molar-refractivity contribution in [2.75, 3.05) is 0 Å². The van der Waals surface area contributed by atoms with Gasteiger partial charge in [-0.2, -0.15) is 0 Å². The molecule has 2 heterocycles. The third-order valence-electron chi connectivity index (χ3n) is 7.94. The zero-order valence-corrected chi connectivity index (χ0v) is 25.5. The van der Waals surface area contributed by atoms with E-state index < -0.39 is 11.3 Å². The van der Waals surface area contributed by atoms with Crippen molar-refractivity contribution in [1.29, 1.82) is 0 Å². The van der Waals surface area contributed by atoms with Crippen LogP contribution in [0.1, 0.15) is 11.1 Å². The minimum absolute atomic E-state index is 0.0617. The van der Waals surface area contributed by atoms with Gasteiger partial charge in [-0.1, -0.05) is 121 Å². The lowest BCUT2D eigenvalue weighted by atomic mass is 10.0. The summed E-state index contributed by atoms with van der Waals surface area (Å²) in [5.41, 5.74) is 0.929. The fourth-order valence-corrected chi connectivity index (χ4v) is 7.96. The van der Waals surface area contributed by atoms with Gasteiger partial charge in [0.15, 0.2) is 0 Å². The summed E-state index contributed by atoms with van der Waals surface area (Å²) in [7, 11) is 0. The summed E-state index contributed by atoms with van der Waals surface area (Å²) in [5.74, 6) is 0. The summed E-state index contributed by atoms with van der Waals surface area (Å²) in [6, 6.07) is 44.0. The lowest BCUT2D eigenvalue weighted by Gasteiger charge is -2.15. The summed E-state index contributed by atoms with van der Waals surface area (Å²) in [6.07, 6.45) is 0.0617. The first kappa shape index (κ1) is 27.5. The average molecular weight is 621 g/mol. The molecule has 2 aromatic heterocycles. The SMILES string of the molecule is O=c1oc2ccccc2c(Sc2ccc3ccccc3c2)c1Cc1c(Sc2ccc3ccccc3c2)c2ccccc2oc1=O. The maximum absolute atomic E-state index is 13.7. The Morgan fingerprint density at radius 1 is 0.444 bits per heavy atom. The lowest BCUT2D eigenvalue weighted by molar-refractivity contribution is 0.536. The smallest absolute Gasteiger partial charge is 0.340 e. The lowest BCUT2D eigenvalue weighted by Crippen LogP contribution is -2.16. The van der Waals surface area contributed by atoms with Crippen molar-refractivity contribution in [2.24, 2.45) is 0 Å². The van der Waals surface area contributed by atoms with E-state index in [4.69, 9.17) is 8.83 Å². The second kappa shape index (κ2) is 11.5. The predicted molar refractivity (Wildman–Crippen MR) is 184 cm³/mol. The van der Waals surface area contributed by atoms with E-state index >= 15 is 0 Å². The van der Waals surface area contributed by atoms with Crippen LogP contribution in [0, 0.1) is 0 Å². The Hall–Kier alpha value is -5.04. The van der Waals surface area contributed by atoms with Gasteiger partial charge in [0, 0.05) is 36.8 Å². The Kier molecular flexibility index (Phi) is 7.01. The summed E-state index contributed by atoms with van der Waals surface area (Å²) in [4.78, 5) is 31.0. The van der Waals surface area contributed by atoms with Crippen LogP contribution >= 0.6 is 23.5 Å². The summed E-state index contributed by atoms with van der Waals surface area (Å²) in [6.45, 7) is 0. The Balaban J connectivity index is 1.30. The minimum Gasteiger partial charge on any atom is -0.422 e. The van der Waals surface area contributed by atoms with Crippen molar-refractivity contribution >= 4 is 67.0 Å². The van der Waals surface area contributed by atoms with Gasteiger partial charge in [-0.25, -0.2) is 9.59 Å². The Labute approximate surface area is 266 Å². The van der Waals surface area contributed by atoms with Gasteiger partial charge < -0.3 is 8.83 Å². The van der Waals surface area contributed by atoms with Gasteiger partial charge in [0.1, 0.15) is 11.2 Å².